The van der Waals surface area contributed by atoms with E-state index in [9.17, 15) is 0 Å². The van der Waals surface area contributed by atoms with Gasteiger partial charge in [-0.25, -0.2) is 0 Å². The fourth-order valence-corrected chi connectivity index (χ4v) is 3.15. The summed E-state index contributed by atoms with van der Waals surface area (Å²) in [6.45, 7) is 0. The number of rotatable bonds is 4. The lowest BCUT2D eigenvalue weighted by Crippen LogP contribution is -1.89. The van der Waals surface area contributed by atoms with Crippen molar-refractivity contribution in [2.24, 2.45) is 0 Å². The van der Waals surface area contributed by atoms with Crippen molar-refractivity contribution in [1.29, 1.82) is 0 Å². The van der Waals surface area contributed by atoms with Crippen molar-refractivity contribution in [2.75, 3.05) is 12.4 Å². The normalized spacial score (nSPS) is 10.4. The van der Waals surface area contributed by atoms with E-state index in [4.69, 9.17) is 16.3 Å². The molecule has 0 amide bonds. The van der Waals surface area contributed by atoms with E-state index in [2.05, 4.69) is 22.4 Å². The lowest BCUT2D eigenvalue weighted by atomic mass is 10.2. The summed E-state index contributed by atoms with van der Waals surface area (Å²) in [4.78, 5) is 5.23. The van der Waals surface area contributed by atoms with Crippen molar-refractivity contribution in [3.8, 4) is 16.2 Å². The third-order valence-corrected chi connectivity index (χ3v) is 4.34. The molecule has 3 nitrogen and oxygen atoms in total. The fourth-order valence-electron chi connectivity index (χ4n) is 1.96. The number of hydrogen-bond acceptors (Lipinski definition) is 4. The van der Waals surface area contributed by atoms with E-state index < -0.39 is 0 Å². The molecule has 0 aliphatic heterocycles. The van der Waals surface area contributed by atoms with Gasteiger partial charge in [0, 0.05) is 23.0 Å². The van der Waals surface area contributed by atoms with E-state index in [-0.39, 0.29) is 0 Å². The molecular weight excluding hydrogens is 304 g/mol. The second kappa shape index (κ2) is 6.16. The summed E-state index contributed by atoms with van der Waals surface area (Å²) in [7, 11) is 1.61. The molecule has 2 heterocycles. The molecule has 3 aromatic rings. The van der Waals surface area contributed by atoms with Crippen LogP contribution in [0.5, 0.6) is 5.75 Å². The Labute approximate surface area is 132 Å². The second-order valence-corrected chi connectivity index (χ2v) is 5.87. The van der Waals surface area contributed by atoms with Gasteiger partial charge < -0.3 is 10.1 Å². The summed E-state index contributed by atoms with van der Waals surface area (Å²) in [6.07, 6.45) is 3.59. The van der Waals surface area contributed by atoms with Gasteiger partial charge in [-0.15, -0.1) is 11.3 Å². The van der Waals surface area contributed by atoms with E-state index in [1.54, 1.807) is 30.8 Å². The highest BCUT2D eigenvalue weighted by molar-refractivity contribution is 7.19. The molecule has 0 unspecified atom stereocenters. The van der Waals surface area contributed by atoms with Crippen LogP contribution in [-0.4, -0.2) is 12.1 Å². The lowest BCUT2D eigenvalue weighted by Gasteiger charge is -2.07. The Morgan fingerprint density at radius 2 is 1.90 bits per heavy atom. The summed E-state index contributed by atoms with van der Waals surface area (Å²) < 4.78 is 5.15. The average molecular weight is 317 g/mol. The molecule has 21 heavy (non-hydrogen) atoms. The van der Waals surface area contributed by atoms with Gasteiger partial charge in [0.1, 0.15) is 5.75 Å². The topological polar surface area (TPSA) is 34.1 Å². The standard InChI is InChI=1S/C16H13ClN2OS/c1-20-14-3-2-12(10-13(14)17)19-16-5-4-15(21-16)11-6-8-18-9-7-11/h2-10,19H,1H3. The van der Waals surface area contributed by atoms with Crippen molar-refractivity contribution >= 4 is 33.6 Å². The van der Waals surface area contributed by atoms with Crippen molar-refractivity contribution < 1.29 is 4.74 Å². The van der Waals surface area contributed by atoms with Crippen LogP contribution in [0.25, 0.3) is 10.4 Å². The maximum atomic E-state index is 6.13. The zero-order valence-corrected chi connectivity index (χ0v) is 12.9. The van der Waals surface area contributed by atoms with Crippen LogP contribution in [0.1, 0.15) is 0 Å². The molecular formula is C16H13ClN2OS. The number of pyridine rings is 1. The van der Waals surface area contributed by atoms with Crippen molar-refractivity contribution in [3.05, 3.63) is 59.9 Å². The highest BCUT2D eigenvalue weighted by Gasteiger charge is 2.05. The number of ether oxygens (including phenoxy) is 1. The molecule has 1 aromatic carbocycles. The first-order chi connectivity index (χ1) is 10.3. The Morgan fingerprint density at radius 3 is 2.62 bits per heavy atom. The first-order valence-corrected chi connectivity index (χ1v) is 7.56. The minimum atomic E-state index is 0.591. The first-order valence-electron chi connectivity index (χ1n) is 6.37. The fraction of sp³-hybridized carbons (Fsp3) is 0.0625. The average Bonchev–Trinajstić information content (AvgIpc) is 2.97. The molecule has 0 fully saturated rings. The minimum absolute atomic E-state index is 0.591. The smallest absolute Gasteiger partial charge is 0.137 e. The Bertz CT molecular complexity index is 743. The number of aromatic nitrogens is 1. The van der Waals surface area contributed by atoms with E-state index in [1.807, 2.05) is 30.3 Å². The van der Waals surface area contributed by atoms with Crippen LogP contribution >= 0.6 is 22.9 Å². The highest BCUT2D eigenvalue weighted by atomic mass is 35.5. The Morgan fingerprint density at radius 1 is 1.10 bits per heavy atom. The molecule has 5 heteroatoms. The minimum Gasteiger partial charge on any atom is -0.495 e. The molecule has 106 valence electrons. The number of hydrogen-bond donors (Lipinski definition) is 1. The van der Waals surface area contributed by atoms with E-state index in [0.29, 0.717) is 10.8 Å². The number of anilines is 2. The molecule has 0 aliphatic rings. The summed E-state index contributed by atoms with van der Waals surface area (Å²) >= 11 is 7.81. The second-order valence-electron chi connectivity index (χ2n) is 4.37. The quantitative estimate of drug-likeness (QED) is 0.717. The maximum Gasteiger partial charge on any atom is 0.137 e. The number of methoxy groups -OCH3 is 1. The lowest BCUT2D eigenvalue weighted by molar-refractivity contribution is 0.415. The Kier molecular flexibility index (Phi) is 4.08. The zero-order valence-electron chi connectivity index (χ0n) is 11.3. The van der Waals surface area contributed by atoms with Gasteiger partial charge in [0.15, 0.2) is 0 Å². The summed E-state index contributed by atoms with van der Waals surface area (Å²) in [5.74, 6) is 0.672. The molecule has 3 rings (SSSR count). The largest absolute Gasteiger partial charge is 0.495 e. The number of nitrogens with one attached hydrogen (secondary N) is 1. The summed E-state index contributed by atoms with van der Waals surface area (Å²) in [6, 6.07) is 13.8. The molecule has 0 saturated carbocycles. The number of halogens is 1. The van der Waals surface area contributed by atoms with Crippen LogP contribution in [0.2, 0.25) is 5.02 Å². The summed E-state index contributed by atoms with van der Waals surface area (Å²) in [5, 5.41) is 5.00. The van der Waals surface area contributed by atoms with Gasteiger partial charge in [0.25, 0.3) is 0 Å². The molecule has 0 radical (unpaired) electrons. The van der Waals surface area contributed by atoms with Gasteiger partial charge in [0.05, 0.1) is 17.1 Å². The van der Waals surface area contributed by atoms with Gasteiger partial charge in [-0.2, -0.15) is 0 Å². The van der Waals surface area contributed by atoms with Crippen molar-refractivity contribution in [1.82, 2.24) is 4.98 Å². The first kappa shape index (κ1) is 13.9. The monoisotopic (exact) mass is 316 g/mol. The highest BCUT2D eigenvalue weighted by Crippen LogP contribution is 2.34. The predicted octanol–water partition coefficient (Wildman–Crippen LogP) is 5.22. The maximum absolute atomic E-state index is 6.13. The third kappa shape index (κ3) is 3.17. The van der Waals surface area contributed by atoms with Gasteiger partial charge in [-0.1, -0.05) is 11.6 Å². The van der Waals surface area contributed by atoms with Gasteiger partial charge in [-0.05, 0) is 48.0 Å². The number of benzene rings is 1. The molecule has 2 aromatic heterocycles. The molecule has 0 spiro atoms. The SMILES string of the molecule is COc1ccc(Nc2ccc(-c3ccncc3)s2)cc1Cl. The molecule has 1 N–H and O–H groups in total. The van der Waals surface area contributed by atoms with Crippen LogP contribution in [0.15, 0.2) is 54.9 Å². The van der Waals surface area contributed by atoms with Gasteiger partial charge in [-0.3, -0.25) is 4.98 Å². The van der Waals surface area contributed by atoms with Crippen LogP contribution in [0.3, 0.4) is 0 Å². The van der Waals surface area contributed by atoms with Crippen LogP contribution in [0.4, 0.5) is 10.7 Å². The van der Waals surface area contributed by atoms with Crippen LogP contribution in [-0.2, 0) is 0 Å². The van der Waals surface area contributed by atoms with Crippen molar-refractivity contribution in [2.45, 2.75) is 0 Å². The van der Waals surface area contributed by atoms with E-state index in [1.165, 1.54) is 4.88 Å². The molecule has 0 atom stereocenters. The molecule has 0 saturated heterocycles. The van der Waals surface area contributed by atoms with E-state index in [0.717, 1.165) is 16.3 Å². The van der Waals surface area contributed by atoms with Gasteiger partial charge in [0.2, 0.25) is 0 Å². The summed E-state index contributed by atoms with van der Waals surface area (Å²) in [5.41, 5.74) is 2.10. The third-order valence-electron chi connectivity index (χ3n) is 2.99. The molecule has 0 bridgehead atoms. The van der Waals surface area contributed by atoms with Crippen LogP contribution < -0.4 is 10.1 Å². The Balaban J connectivity index is 1.80. The number of nitrogens with zero attached hydrogens (tertiary/aromatic N) is 1. The van der Waals surface area contributed by atoms with E-state index >= 15 is 0 Å². The number of thiophene rings is 1. The van der Waals surface area contributed by atoms with Gasteiger partial charge >= 0.3 is 0 Å². The predicted molar refractivity (Wildman–Crippen MR) is 88.8 cm³/mol. The molecule has 0 aliphatic carbocycles. The van der Waals surface area contributed by atoms with Crippen molar-refractivity contribution in [3.63, 3.8) is 0 Å². The zero-order chi connectivity index (χ0) is 14.7. The van der Waals surface area contributed by atoms with Crippen LogP contribution in [0, 0.1) is 0 Å². The Hall–Kier alpha value is -2.04.